The number of alkyl halides is 3. The number of unbranched alkanes of at least 4 members (excludes halogenated alkanes) is 2. The number of hydrogen-bond acceptors (Lipinski definition) is 4. The van der Waals surface area contributed by atoms with Crippen molar-refractivity contribution in [3.8, 4) is 0 Å². The predicted molar refractivity (Wildman–Crippen MR) is 84.7 cm³/mol. The van der Waals surface area contributed by atoms with Crippen LogP contribution in [0.1, 0.15) is 25.7 Å². The van der Waals surface area contributed by atoms with E-state index >= 15 is 0 Å². The molecule has 3 N–H and O–H groups in total. The molecule has 5 unspecified atom stereocenters. The van der Waals surface area contributed by atoms with Gasteiger partial charge in [-0.1, -0.05) is 12.8 Å². The summed E-state index contributed by atoms with van der Waals surface area (Å²) in [5.74, 6) is 0. The minimum absolute atomic E-state index is 0.0765. The Morgan fingerprint density at radius 3 is 2.55 bits per heavy atom. The van der Waals surface area contributed by atoms with E-state index < -0.39 is 7.12 Å². The van der Waals surface area contributed by atoms with Crippen molar-refractivity contribution in [2.24, 2.45) is 0 Å². The molecule has 2 aliphatic rings. The maximum Gasteiger partial charge on any atom is 0.451 e. The van der Waals surface area contributed by atoms with Gasteiger partial charge in [-0.15, -0.1) is 34.8 Å². The molecule has 0 spiro atoms. The molecule has 4 nitrogen and oxygen atoms in total. The van der Waals surface area contributed by atoms with Crippen molar-refractivity contribution in [1.29, 1.82) is 0 Å². The van der Waals surface area contributed by atoms with Crippen LogP contribution < -0.4 is 5.32 Å². The summed E-state index contributed by atoms with van der Waals surface area (Å²) in [6.07, 6.45) is 4.20. The molecule has 1 saturated heterocycles. The van der Waals surface area contributed by atoms with Gasteiger partial charge in [-0.05, 0) is 25.7 Å². The van der Waals surface area contributed by atoms with Gasteiger partial charge in [0.2, 0.25) is 0 Å². The maximum atomic E-state index is 8.79. The lowest BCUT2D eigenvalue weighted by Gasteiger charge is -2.39. The average molecular weight is 343 g/mol. The number of halogens is 3. The zero-order valence-electron chi connectivity index (χ0n) is 11.4. The maximum absolute atomic E-state index is 8.79. The first-order chi connectivity index (χ1) is 9.50. The zero-order valence-corrected chi connectivity index (χ0v) is 13.7. The lowest BCUT2D eigenvalue weighted by Crippen LogP contribution is -2.54. The molecule has 1 aliphatic carbocycles. The summed E-state index contributed by atoms with van der Waals surface area (Å²) in [6, 6.07) is 0.576. The molecule has 0 aromatic rings. The van der Waals surface area contributed by atoms with E-state index in [-0.39, 0.29) is 22.2 Å². The quantitative estimate of drug-likeness (QED) is 0.388. The first-order valence-corrected chi connectivity index (χ1v) is 8.57. The fraction of sp³-hybridized carbons (Fsp3) is 1.00. The summed E-state index contributed by atoms with van der Waals surface area (Å²) in [7, 11) is -1.18. The summed E-state index contributed by atoms with van der Waals surface area (Å²) in [5, 5.41) is 20.6. The third kappa shape index (κ3) is 4.16. The summed E-state index contributed by atoms with van der Waals surface area (Å²) < 4.78 is 0. The highest BCUT2D eigenvalue weighted by atomic mass is 35.5. The smallest absolute Gasteiger partial charge is 0.427 e. The van der Waals surface area contributed by atoms with Gasteiger partial charge in [-0.2, -0.15) is 0 Å². The van der Waals surface area contributed by atoms with E-state index in [4.69, 9.17) is 44.9 Å². The number of rotatable bonds is 6. The summed E-state index contributed by atoms with van der Waals surface area (Å²) in [5.41, 5.74) is 0. The fourth-order valence-corrected chi connectivity index (χ4v) is 4.25. The van der Waals surface area contributed by atoms with Crippen LogP contribution in [0.3, 0.4) is 0 Å². The topological polar surface area (TPSA) is 55.7 Å². The summed E-state index contributed by atoms with van der Waals surface area (Å²) in [6.45, 7) is 1.81. The van der Waals surface area contributed by atoms with E-state index in [9.17, 15) is 0 Å². The molecule has 1 aliphatic heterocycles. The van der Waals surface area contributed by atoms with Crippen molar-refractivity contribution in [1.82, 2.24) is 10.2 Å². The van der Waals surface area contributed by atoms with E-state index in [1.54, 1.807) is 0 Å². The van der Waals surface area contributed by atoms with Crippen molar-refractivity contribution >= 4 is 41.9 Å². The molecule has 5 atom stereocenters. The second kappa shape index (κ2) is 7.86. The van der Waals surface area contributed by atoms with Crippen molar-refractivity contribution in [3.63, 3.8) is 0 Å². The molecule has 2 rings (SSSR count). The lowest BCUT2D eigenvalue weighted by atomic mass is 9.83. The normalized spacial score (nSPS) is 38.0. The highest BCUT2D eigenvalue weighted by Crippen LogP contribution is 2.36. The van der Waals surface area contributed by atoms with Gasteiger partial charge in [0, 0.05) is 18.8 Å². The predicted octanol–water partition coefficient (Wildman–Crippen LogP) is 1.46. The Labute approximate surface area is 135 Å². The number of nitrogens with zero attached hydrogens (tertiary/aromatic N) is 1. The zero-order chi connectivity index (χ0) is 14.7. The Bertz CT molecular complexity index is 314. The lowest BCUT2D eigenvalue weighted by molar-refractivity contribution is 0.209. The third-order valence-corrected chi connectivity index (χ3v) is 6.11. The molecule has 0 aromatic carbocycles. The van der Waals surface area contributed by atoms with Crippen LogP contribution in [0, 0.1) is 0 Å². The van der Waals surface area contributed by atoms with Crippen LogP contribution in [0.2, 0.25) is 6.32 Å². The van der Waals surface area contributed by atoms with Crippen LogP contribution in [0.25, 0.3) is 0 Å². The molecule has 2 fully saturated rings. The van der Waals surface area contributed by atoms with Gasteiger partial charge in [-0.25, -0.2) is 0 Å². The highest BCUT2D eigenvalue weighted by molar-refractivity contribution is 6.40. The minimum atomic E-state index is -1.18. The Hall–Kier alpha value is 0.775. The molecular formula is C12H22BCl3N2O2. The minimum Gasteiger partial charge on any atom is -0.427 e. The Kier molecular flexibility index (Phi) is 6.74. The van der Waals surface area contributed by atoms with Gasteiger partial charge in [0.15, 0.2) is 0 Å². The van der Waals surface area contributed by atoms with Crippen LogP contribution in [0.4, 0.5) is 0 Å². The monoisotopic (exact) mass is 342 g/mol. The van der Waals surface area contributed by atoms with E-state index in [0.717, 1.165) is 38.9 Å². The van der Waals surface area contributed by atoms with Crippen LogP contribution in [0.15, 0.2) is 0 Å². The Morgan fingerprint density at radius 1 is 1.10 bits per heavy atom. The molecule has 0 aromatic heterocycles. The molecular weight excluding hydrogens is 321 g/mol. The van der Waals surface area contributed by atoms with Crippen molar-refractivity contribution in [3.05, 3.63) is 0 Å². The molecule has 20 heavy (non-hydrogen) atoms. The van der Waals surface area contributed by atoms with Gasteiger partial charge < -0.3 is 10.0 Å². The SMILES string of the molecule is OB(O)CCCCCN1CNC2C(Cl)C(Cl)C(Cl)CC21. The molecule has 1 heterocycles. The van der Waals surface area contributed by atoms with E-state index in [2.05, 4.69) is 10.2 Å². The van der Waals surface area contributed by atoms with Crippen LogP contribution >= 0.6 is 34.8 Å². The second-order valence-electron chi connectivity index (χ2n) is 5.74. The van der Waals surface area contributed by atoms with Gasteiger partial charge in [0.05, 0.1) is 16.1 Å². The van der Waals surface area contributed by atoms with Crippen molar-refractivity contribution in [2.75, 3.05) is 13.2 Å². The Morgan fingerprint density at radius 2 is 1.85 bits per heavy atom. The first kappa shape index (κ1) is 17.1. The molecule has 116 valence electrons. The number of fused-ring (bicyclic) bond motifs is 1. The standard InChI is InChI=1S/C12H22BCl3N2O2/c14-8-6-9-12(11(16)10(8)15)17-7-18(9)5-3-1-2-4-13(19)20/h8-12,17,19-20H,1-7H2. The van der Waals surface area contributed by atoms with Gasteiger partial charge in [0.1, 0.15) is 0 Å². The molecule has 0 radical (unpaired) electrons. The van der Waals surface area contributed by atoms with E-state index in [0.29, 0.717) is 12.4 Å². The number of nitrogens with one attached hydrogen (secondary N) is 1. The first-order valence-electron chi connectivity index (χ1n) is 7.26. The molecule has 0 bridgehead atoms. The van der Waals surface area contributed by atoms with Gasteiger partial charge in [0.25, 0.3) is 0 Å². The van der Waals surface area contributed by atoms with E-state index in [1.807, 2.05) is 0 Å². The largest absolute Gasteiger partial charge is 0.451 e. The van der Waals surface area contributed by atoms with E-state index in [1.165, 1.54) is 0 Å². The number of hydrogen-bond donors (Lipinski definition) is 3. The van der Waals surface area contributed by atoms with Crippen LogP contribution in [-0.4, -0.2) is 63.5 Å². The summed E-state index contributed by atoms with van der Waals surface area (Å²) in [4.78, 5) is 2.38. The van der Waals surface area contributed by atoms with Gasteiger partial charge >= 0.3 is 7.12 Å². The molecule has 0 amide bonds. The molecule has 1 saturated carbocycles. The highest BCUT2D eigenvalue weighted by Gasteiger charge is 2.47. The third-order valence-electron chi connectivity index (χ3n) is 4.28. The van der Waals surface area contributed by atoms with Crippen LogP contribution in [0.5, 0.6) is 0 Å². The second-order valence-corrected chi connectivity index (χ2v) is 7.31. The fourth-order valence-electron chi connectivity index (χ4n) is 3.15. The van der Waals surface area contributed by atoms with Crippen molar-refractivity contribution in [2.45, 2.75) is 60.2 Å². The van der Waals surface area contributed by atoms with Gasteiger partial charge in [-0.3, -0.25) is 10.2 Å². The van der Waals surface area contributed by atoms with Crippen LogP contribution in [-0.2, 0) is 0 Å². The average Bonchev–Trinajstić information content (AvgIpc) is 2.78. The molecule has 8 heteroatoms. The Balaban J connectivity index is 1.74. The van der Waals surface area contributed by atoms with Crippen molar-refractivity contribution < 1.29 is 10.0 Å². The summed E-state index contributed by atoms with van der Waals surface area (Å²) >= 11 is 18.9.